The van der Waals surface area contributed by atoms with E-state index >= 15 is 0 Å². The number of benzene rings is 2. The van der Waals surface area contributed by atoms with Crippen LogP contribution in [0.1, 0.15) is 19.8 Å². The number of carbonyl (C=O) groups excluding carboxylic acids is 1. The Kier molecular flexibility index (Phi) is 7.71. The van der Waals surface area contributed by atoms with Gasteiger partial charge in [0.15, 0.2) is 11.0 Å². The average Bonchev–Trinajstić information content (AvgIpc) is 3.09. The van der Waals surface area contributed by atoms with Gasteiger partial charge in [-0.1, -0.05) is 41.0 Å². The van der Waals surface area contributed by atoms with Crippen molar-refractivity contribution in [1.82, 2.24) is 14.8 Å². The minimum atomic E-state index is -0.0875. The lowest BCUT2D eigenvalue weighted by atomic mass is 10.2. The number of hydrogen-bond donors (Lipinski definition) is 1. The fourth-order valence-corrected chi connectivity index (χ4v) is 3.56. The molecule has 3 aromatic rings. The van der Waals surface area contributed by atoms with Crippen molar-refractivity contribution in [3.05, 3.63) is 53.0 Å². The molecule has 0 unspecified atom stereocenters. The van der Waals surface area contributed by atoms with Gasteiger partial charge in [0, 0.05) is 22.8 Å². The maximum Gasteiger partial charge on any atom is 0.234 e. The molecule has 1 N–H and O–H groups in total. The lowest BCUT2D eigenvalue weighted by molar-refractivity contribution is -0.113. The number of rotatable bonds is 9. The molecule has 0 aliphatic rings. The maximum absolute atomic E-state index is 12.2. The molecule has 1 aromatic heterocycles. The molecule has 0 spiro atoms. The predicted octanol–water partition coefficient (Wildman–Crippen LogP) is 5.15. The third kappa shape index (κ3) is 6.08. The van der Waals surface area contributed by atoms with Gasteiger partial charge < -0.3 is 14.6 Å². The Hall–Kier alpha value is -2.32. The third-order valence-electron chi connectivity index (χ3n) is 4.17. The number of aromatic nitrogens is 3. The number of ether oxygens (including phenoxy) is 1. The van der Waals surface area contributed by atoms with E-state index in [1.165, 1.54) is 11.8 Å². The molecule has 0 radical (unpaired) electrons. The van der Waals surface area contributed by atoms with Gasteiger partial charge in [0.25, 0.3) is 0 Å². The Balaban J connectivity index is 1.57. The summed E-state index contributed by atoms with van der Waals surface area (Å²) in [5.41, 5.74) is 1.72. The van der Waals surface area contributed by atoms with Gasteiger partial charge in [-0.2, -0.15) is 0 Å². The Bertz CT molecular complexity index is 942. The van der Waals surface area contributed by atoms with E-state index in [4.69, 9.17) is 4.74 Å². The Morgan fingerprint density at radius 3 is 2.55 bits per heavy atom. The topological polar surface area (TPSA) is 69.0 Å². The van der Waals surface area contributed by atoms with Crippen LogP contribution in [-0.2, 0) is 11.8 Å². The first kappa shape index (κ1) is 21.4. The normalized spacial score (nSPS) is 10.7. The molecule has 0 saturated heterocycles. The van der Waals surface area contributed by atoms with Crippen molar-refractivity contribution in [1.29, 1.82) is 0 Å². The Labute approximate surface area is 183 Å². The van der Waals surface area contributed by atoms with Crippen molar-refractivity contribution in [2.45, 2.75) is 24.9 Å². The molecule has 0 saturated carbocycles. The van der Waals surface area contributed by atoms with E-state index in [1.807, 2.05) is 60.1 Å². The number of nitrogens with one attached hydrogen (secondary N) is 1. The van der Waals surface area contributed by atoms with Gasteiger partial charge in [-0.05, 0) is 55.0 Å². The molecule has 1 heterocycles. The van der Waals surface area contributed by atoms with Gasteiger partial charge in [-0.25, -0.2) is 0 Å². The Morgan fingerprint density at radius 2 is 1.86 bits per heavy atom. The largest absolute Gasteiger partial charge is 0.494 e. The number of carbonyl (C=O) groups is 1. The van der Waals surface area contributed by atoms with Crippen LogP contribution in [0.25, 0.3) is 11.4 Å². The second-order valence-corrected chi connectivity index (χ2v) is 8.29. The number of hydrogen-bond acceptors (Lipinski definition) is 5. The molecular formula is C21H23BrN4O2S. The fraction of sp³-hybridized carbons (Fsp3) is 0.286. The van der Waals surface area contributed by atoms with Crippen LogP contribution in [0.5, 0.6) is 5.75 Å². The summed E-state index contributed by atoms with van der Waals surface area (Å²) in [5, 5.41) is 12.1. The highest BCUT2D eigenvalue weighted by Crippen LogP contribution is 2.25. The third-order valence-corrected chi connectivity index (χ3v) is 5.72. The first-order valence-corrected chi connectivity index (χ1v) is 11.2. The molecule has 0 aliphatic carbocycles. The van der Waals surface area contributed by atoms with Crippen LogP contribution >= 0.6 is 27.7 Å². The first-order chi connectivity index (χ1) is 14.1. The van der Waals surface area contributed by atoms with E-state index in [1.54, 1.807) is 0 Å². The lowest BCUT2D eigenvalue weighted by Gasteiger charge is -2.07. The van der Waals surface area contributed by atoms with E-state index in [-0.39, 0.29) is 11.7 Å². The van der Waals surface area contributed by atoms with Crippen molar-refractivity contribution in [3.8, 4) is 17.1 Å². The quantitative estimate of drug-likeness (QED) is 0.342. The van der Waals surface area contributed by atoms with E-state index in [2.05, 4.69) is 38.4 Å². The van der Waals surface area contributed by atoms with E-state index < -0.39 is 0 Å². The number of anilines is 1. The van der Waals surface area contributed by atoms with Gasteiger partial charge in [-0.3, -0.25) is 4.79 Å². The van der Waals surface area contributed by atoms with Crippen LogP contribution in [0.2, 0.25) is 0 Å². The molecule has 8 heteroatoms. The molecule has 0 bridgehead atoms. The van der Waals surface area contributed by atoms with Gasteiger partial charge in [0.2, 0.25) is 5.91 Å². The van der Waals surface area contributed by atoms with Gasteiger partial charge in [-0.15, -0.1) is 10.2 Å². The zero-order valence-electron chi connectivity index (χ0n) is 16.4. The molecule has 0 fully saturated rings. The van der Waals surface area contributed by atoms with Crippen molar-refractivity contribution in [2.24, 2.45) is 7.05 Å². The zero-order chi connectivity index (χ0) is 20.6. The molecule has 6 nitrogen and oxygen atoms in total. The van der Waals surface area contributed by atoms with Crippen LogP contribution in [0.3, 0.4) is 0 Å². The van der Waals surface area contributed by atoms with Gasteiger partial charge in [0.05, 0.1) is 12.4 Å². The van der Waals surface area contributed by atoms with E-state index in [9.17, 15) is 4.79 Å². The highest BCUT2D eigenvalue weighted by Gasteiger charge is 2.13. The summed E-state index contributed by atoms with van der Waals surface area (Å²) < 4.78 is 8.56. The molecule has 2 aromatic carbocycles. The number of thioether (sulfide) groups is 1. The van der Waals surface area contributed by atoms with Crippen LogP contribution in [-0.4, -0.2) is 33.0 Å². The maximum atomic E-state index is 12.2. The molecule has 3 rings (SSSR count). The molecule has 0 aliphatic heterocycles. The Morgan fingerprint density at radius 1 is 1.14 bits per heavy atom. The predicted molar refractivity (Wildman–Crippen MR) is 120 cm³/mol. The summed E-state index contributed by atoms with van der Waals surface area (Å²) in [4.78, 5) is 12.2. The van der Waals surface area contributed by atoms with Crippen LogP contribution in [0, 0.1) is 0 Å². The van der Waals surface area contributed by atoms with Crippen molar-refractivity contribution >= 4 is 39.3 Å². The SMILES string of the molecule is CCCCOc1ccc(-c2nnc(SCC(=O)Nc3ccc(Br)cc3)n2C)cc1. The summed E-state index contributed by atoms with van der Waals surface area (Å²) >= 11 is 4.73. The lowest BCUT2D eigenvalue weighted by Crippen LogP contribution is -2.14. The van der Waals surface area contributed by atoms with Gasteiger partial charge in [0.1, 0.15) is 5.75 Å². The van der Waals surface area contributed by atoms with Gasteiger partial charge >= 0.3 is 0 Å². The molecule has 0 atom stereocenters. The monoisotopic (exact) mass is 474 g/mol. The summed E-state index contributed by atoms with van der Waals surface area (Å²) in [5.74, 6) is 1.77. The first-order valence-electron chi connectivity index (χ1n) is 9.37. The highest BCUT2D eigenvalue weighted by atomic mass is 79.9. The zero-order valence-corrected chi connectivity index (χ0v) is 18.8. The minimum absolute atomic E-state index is 0.0875. The van der Waals surface area contributed by atoms with Crippen molar-refractivity contribution < 1.29 is 9.53 Å². The number of unbranched alkanes of at least 4 members (excludes halogenated alkanes) is 1. The number of halogens is 1. The molecule has 29 heavy (non-hydrogen) atoms. The van der Waals surface area contributed by atoms with Crippen LogP contribution in [0.15, 0.2) is 58.2 Å². The highest BCUT2D eigenvalue weighted by molar-refractivity contribution is 9.10. The van der Waals surface area contributed by atoms with E-state index in [0.29, 0.717) is 5.16 Å². The molecule has 152 valence electrons. The average molecular weight is 475 g/mol. The minimum Gasteiger partial charge on any atom is -0.494 e. The summed E-state index contributed by atoms with van der Waals surface area (Å²) in [6.45, 7) is 2.86. The summed E-state index contributed by atoms with van der Waals surface area (Å²) in [7, 11) is 1.90. The second kappa shape index (κ2) is 10.5. The smallest absolute Gasteiger partial charge is 0.234 e. The van der Waals surface area contributed by atoms with Crippen LogP contribution < -0.4 is 10.1 Å². The van der Waals surface area contributed by atoms with Crippen LogP contribution in [0.4, 0.5) is 5.69 Å². The summed E-state index contributed by atoms with van der Waals surface area (Å²) in [6.07, 6.45) is 2.15. The van der Waals surface area contributed by atoms with E-state index in [0.717, 1.165) is 46.7 Å². The number of nitrogens with zero attached hydrogens (tertiary/aromatic N) is 3. The fourth-order valence-electron chi connectivity index (χ4n) is 2.59. The molecular weight excluding hydrogens is 452 g/mol. The standard InChI is InChI=1S/C21H23BrN4O2S/c1-3-4-13-28-18-11-5-15(6-12-18)20-24-25-21(26(20)2)29-14-19(27)23-17-9-7-16(22)8-10-17/h5-12H,3-4,13-14H2,1-2H3,(H,23,27). The second-order valence-electron chi connectivity index (χ2n) is 6.44. The van der Waals surface area contributed by atoms with Crippen molar-refractivity contribution in [2.75, 3.05) is 17.7 Å². The number of amides is 1. The summed E-state index contributed by atoms with van der Waals surface area (Å²) in [6, 6.07) is 15.3. The molecule has 1 amide bonds. The van der Waals surface area contributed by atoms with Crippen molar-refractivity contribution in [3.63, 3.8) is 0 Å².